The van der Waals surface area contributed by atoms with Gasteiger partial charge in [-0.05, 0) is 29.3 Å². The van der Waals surface area contributed by atoms with E-state index in [0.29, 0.717) is 12.2 Å². The van der Waals surface area contributed by atoms with E-state index in [1.165, 1.54) is 12.1 Å². The van der Waals surface area contributed by atoms with E-state index in [2.05, 4.69) is 11.9 Å². The van der Waals surface area contributed by atoms with Crippen LogP contribution in [0.4, 0.5) is 18.9 Å². The molecule has 0 aliphatic rings. The first-order valence-electron chi connectivity index (χ1n) is 6.22. The van der Waals surface area contributed by atoms with Gasteiger partial charge in [-0.15, -0.1) is 0 Å². The molecule has 0 spiro atoms. The fourth-order valence-electron chi connectivity index (χ4n) is 1.84. The molecule has 0 fully saturated rings. The Morgan fingerprint density at radius 3 is 2.38 bits per heavy atom. The van der Waals surface area contributed by atoms with E-state index in [9.17, 15) is 13.2 Å². The molecule has 0 aliphatic carbocycles. The average Bonchev–Trinajstić information content (AvgIpc) is 2.45. The van der Waals surface area contributed by atoms with Crippen molar-refractivity contribution in [3.8, 4) is 0 Å². The van der Waals surface area contributed by atoms with Crippen LogP contribution in [0, 0.1) is 0 Å². The van der Waals surface area contributed by atoms with E-state index in [-0.39, 0.29) is 5.02 Å². The maximum absolute atomic E-state index is 12.8. The third-order valence-electron chi connectivity index (χ3n) is 2.96. The monoisotopic (exact) mass is 311 g/mol. The molecule has 0 saturated carbocycles. The molecule has 0 aromatic heterocycles. The predicted molar refractivity (Wildman–Crippen MR) is 80.4 cm³/mol. The van der Waals surface area contributed by atoms with Crippen molar-refractivity contribution in [3.05, 3.63) is 71.3 Å². The lowest BCUT2D eigenvalue weighted by Gasteiger charge is -2.13. The van der Waals surface area contributed by atoms with E-state index >= 15 is 0 Å². The zero-order chi connectivity index (χ0) is 15.5. The highest BCUT2D eigenvalue weighted by molar-refractivity contribution is 6.31. The van der Waals surface area contributed by atoms with Gasteiger partial charge in [0.25, 0.3) is 0 Å². The van der Waals surface area contributed by atoms with Crippen LogP contribution in [0.25, 0.3) is 5.57 Å². The SMILES string of the molecule is C=C(CNc1ccc(Cl)c(C(F)(F)F)c1)c1ccccc1. The number of hydrogen-bond acceptors (Lipinski definition) is 1. The molecule has 1 N–H and O–H groups in total. The first-order valence-corrected chi connectivity index (χ1v) is 6.59. The van der Waals surface area contributed by atoms with Crippen LogP contribution in [0.3, 0.4) is 0 Å². The Labute approximate surface area is 126 Å². The maximum Gasteiger partial charge on any atom is 0.417 e. The Balaban J connectivity index is 2.09. The zero-order valence-corrected chi connectivity index (χ0v) is 11.8. The maximum atomic E-state index is 12.8. The van der Waals surface area contributed by atoms with Gasteiger partial charge in [0.2, 0.25) is 0 Å². The number of rotatable bonds is 4. The first-order chi connectivity index (χ1) is 9.88. The lowest BCUT2D eigenvalue weighted by molar-refractivity contribution is -0.137. The number of alkyl halides is 3. The van der Waals surface area contributed by atoms with Crippen molar-refractivity contribution >= 4 is 22.9 Å². The highest BCUT2D eigenvalue weighted by atomic mass is 35.5. The van der Waals surface area contributed by atoms with Crippen LogP contribution in [0.5, 0.6) is 0 Å². The molecule has 2 rings (SSSR count). The summed E-state index contributed by atoms with van der Waals surface area (Å²) < 4.78 is 38.3. The second kappa shape index (κ2) is 6.22. The van der Waals surface area contributed by atoms with Gasteiger partial charge in [-0.25, -0.2) is 0 Å². The van der Waals surface area contributed by atoms with Gasteiger partial charge in [-0.1, -0.05) is 48.5 Å². The summed E-state index contributed by atoms with van der Waals surface area (Å²) in [4.78, 5) is 0. The van der Waals surface area contributed by atoms with Gasteiger partial charge >= 0.3 is 6.18 Å². The summed E-state index contributed by atoms with van der Waals surface area (Å²) in [5, 5.41) is 2.61. The molecule has 5 heteroatoms. The average molecular weight is 312 g/mol. The number of halogens is 4. The van der Waals surface area contributed by atoms with Crippen LogP contribution in [0.1, 0.15) is 11.1 Å². The summed E-state index contributed by atoms with van der Waals surface area (Å²) in [6, 6.07) is 13.2. The van der Waals surface area contributed by atoms with Crippen LogP contribution < -0.4 is 5.32 Å². The molecule has 2 aromatic carbocycles. The summed E-state index contributed by atoms with van der Waals surface area (Å²) in [6.45, 7) is 4.27. The lowest BCUT2D eigenvalue weighted by atomic mass is 10.1. The second-order valence-corrected chi connectivity index (χ2v) is 4.92. The standard InChI is InChI=1S/C16H13ClF3N/c1-11(12-5-3-2-4-6-12)10-21-13-7-8-15(17)14(9-13)16(18,19)20/h2-9,21H,1,10H2. The summed E-state index contributed by atoms with van der Waals surface area (Å²) >= 11 is 5.57. The molecular formula is C16H13ClF3N. The van der Waals surface area contributed by atoms with Gasteiger partial charge < -0.3 is 5.32 Å². The number of benzene rings is 2. The Morgan fingerprint density at radius 1 is 1.10 bits per heavy atom. The molecular weight excluding hydrogens is 299 g/mol. The molecule has 2 aromatic rings. The second-order valence-electron chi connectivity index (χ2n) is 4.52. The summed E-state index contributed by atoms with van der Waals surface area (Å²) in [5.41, 5.74) is 1.23. The largest absolute Gasteiger partial charge is 0.417 e. The quantitative estimate of drug-likeness (QED) is 0.788. The zero-order valence-electron chi connectivity index (χ0n) is 11.0. The van der Waals surface area contributed by atoms with Gasteiger partial charge in [-0.3, -0.25) is 0 Å². The molecule has 0 amide bonds. The van der Waals surface area contributed by atoms with E-state index in [1.807, 2.05) is 30.3 Å². The van der Waals surface area contributed by atoms with Gasteiger partial charge in [0.15, 0.2) is 0 Å². The molecule has 0 atom stereocenters. The molecule has 0 unspecified atom stereocenters. The van der Waals surface area contributed by atoms with Crippen LogP contribution in [-0.2, 0) is 6.18 Å². The van der Waals surface area contributed by atoms with Crippen molar-refractivity contribution in [2.75, 3.05) is 11.9 Å². The fraction of sp³-hybridized carbons (Fsp3) is 0.125. The van der Waals surface area contributed by atoms with Crippen LogP contribution in [-0.4, -0.2) is 6.54 Å². The van der Waals surface area contributed by atoms with Crippen LogP contribution in [0.2, 0.25) is 5.02 Å². The summed E-state index contributed by atoms with van der Waals surface area (Å²) in [5.74, 6) is 0. The van der Waals surface area contributed by atoms with Crippen LogP contribution in [0.15, 0.2) is 55.1 Å². The van der Waals surface area contributed by atoms with E-state index in [4.69, 9.17) is 11.6 Å². The molecule has 0 radical (unpaired) electrons. The fourth-order valence-corrected chi connectivity index (χ4v) is 2.06. The number of nitrogens with one attached hydrogen (secondary N) is 1. The van der Waals surface area contributed by atoms with Gasteiger partial charge in [0, 0.05) is 12.2 Å². The van der Waals surface area contributed by atoms with E-state index < -0.39 is 11.7 Å². The van der Waals surface area contributed by atoms with E-state index in [0.717, 1.165) is 17.2 Å². The minimum Gasteiger partial charge on any atom is -0.381 e. The Morgan fingerprint density at radius 2 is 1.76 bits per heavy atom. The van der Waals surface area contributed by atoms with E-state index in [1.54, 1.807) is 0 Å². The van der Waals surface area contributed by atoms with Crippen molar-refractivity contribution in [2.24, 2.45) is 0 Å². The molecule has 21 heavy (non-hydrogen) atoms. The minimum atomic E-state index is -4.47. The third kappa shape index (κ3) is 4.02. The topological polar surface area (TPSA) is 12.0 Å². The number of anilines is 1. The van der Waals surface area contributed by atoms with Gasteiger partial charge in [0.1, 0.15) is 0 Å². The van der Waals surface area contributed by atoms with Gasteiger partial charge in [-0.2, -0.15) is 13.2 Å². The molecule has 0 aliphatic heterocycles. The smallest absolute Gasteiger partial charge is 0.381 e. The molecule has 0 heterocycles. The minimum absolute atomic E-state index is 0.310. The predicted octanol–water partition coefficient (Wildman–Crippen LogP) is 5.48. The van der Waals surface area contributed by atoms with Crippen molar-refractivity contribution in [1.82, 2.24) is 0 Å². The van der Waals surface area contributed by atoms with Crippen molar-refractivity contribution in [2.45, 2.75) is 6.18 Å². The highest BCUT2D eigenvalue weighted by Crippen LogP contribution is 2.36. The first kappa shape index (κ1) is 15.4. The summed E-state index contributed by atoms with van der Waals surface area (Å²) in [6.07, 6.45) is -4.47. The Hall–Kier alpha value is -1.94. The van der Waals surface area contributed by atoms with Crippen molar-refractivity contribution in [1.29, 1.82) is 0 Å². The van der Waals surface area contributed by atoms with Crippen molar-refractivity contribution in [3.63, 3.8) is 0 Å². The van der Waals surface area contributed by atoms with Crippen molar-refractivity contribution < 1.29 is 13.2 Å². The normalized spacial score (nSPS) is 11.2. The lowest BCUT2D eigenvalue weighted by Crippen LogP contribution is -2.08. The Kier molecular flexibility index (Phi) is 4.58. The van der Waals surface area contributed by atoms with Gasteiger partial charge in [0.05, 0.1) is 10.6 Å². The molecule has 0 saturated heterocycles. The molecule has 0 bridgehead atoms. The third-order valence-corrected chi connectivity index (χ3v) is 3.29. The van der Waals surface area contributed by atoms with Crippen LogP contribution >= 0.6 is 11.6 Å². The molecule has 110 valence electrons. The molecule has 1 nitrogen and oxygen atoms in total. The number of hydrogen-bond donors (Lipinski definition) is 1. The summed E-state index contributed by atoms with van der Waals surface area (Å²) in [7, 11) is 0. The highest BCUT2D eigenvalue weighted by Gasteiger charge is 2.33. The Bertz CT molecular complexity index is 636.